The van der Waals surface area contributed by atoms with Crippen molar-refractivity contribution in [1.29, 1.82) is 0 Å². The van der Waals surface area contributed by atoms with Crippen LogP contribution in [-0.4, -0.2) is 17.8 Å². The molecule has 0 saturated heterocycles. The number of aldehydes is 1. The molecule has 118 valence electrons. The fourth-order valence-electron chi connectivity index (χ4n) is 2.96. The summed E-state index contributed by atoms with van der Waals surface area (Å²) in [7, 11) is 1.66. The van der Waals surface area contributed by atoms with E-state index in [4.69, 9.17) is 4.74 Å². The molecule has 0 N–H and O–H groups in total. The third kappa shape index (κ3) is 2.63. The van der Waals surface area contributed by atoms with E-state index in [2.05, 4.69) is 26.0 Å². The SMILES string of the molecule is CCC(C)c1ccc(OC)c(-c2cc3ccccn3c2C=O)c1. The van der Waals surface area contributed by atoms with Crippen molar-refractivity contribution in [2.45, 2.75) is 26.2 Å². The molecular weight excluding hydrogens is 286 g/mol. The first-order valence-corrected chi connectivity index (χ1v) is 7.93. The number of carbonyl (C=O) groups is 1. The zero-order chi connectivity index (χ0) is 16.4. The Kier molecular flexibility index (Phi) is 4.20. The van der Waals surface area contributed by atoms with Crippen LogP contribution in [0.1, 0.15) is 42.2 Å². The molecule has 1 unspecified atom stereocenters. The maximum Gasteiger partial charge on any atom is 0.167 e. The molecule has 0 bridgehead atoms. The smallest absolute Gasteiger partial charge is 0.167 e. The first kappa shape index (κ1) is 15.3. The highest BCUT2D eigenvalue weighted by Gasteiger charge is 2.16. The normalized spacial score (nSPS) is 12.3. The van der Waals surface area contributed by atoms with Gasteiger partial charge in [-0.1, -0.05) is 26.0 Å². The summed E-state index contributed by atoms with van der Waals surface area (Å²) < 4.78 is 7.45. The van der Waals surface area contributed by atoms with Gasteiger partial charge in [-0.05, 0) is 48.2 Å². The van der Waals surface area contributed by atoms with Crippen molar-refractivity contribution in [1.82, 2.24) is 4.40 Å². The van der Waals surface area contributed by atoms with Crippen LogP contribution in [-0.2, 0) is 0 Å². The minimum absolute atomic E-state index is 0.469. The Morgan fingerprint density at radius 2 is 2.00 bits per heavy atom. The Bertz CT molecular complexity index is 848. The Morgan fingerprint density at radius 3 is 2.70 bits per heavy atom. The lowest BCUT2D eigenvalue weighted by Crippen LogP contribution is -1.97. The summed E-state index contributed by atoms with van der Waals surface area (Å²) in [5.41, 5.74) is 4.79. The third-order valence-electron chi connectivity index (χ3n) is 4.53. The monoisotopic (exact) mass is 307 g/mol. The lowest BCUT2D eigenvalue weighted by atomic mass is 9.94. The quantitative estimate of drug-likeness (QED) is 0.625. The molecule has 3 heteroatoms. The van der Waals surface area contributed by atoms with Gasteiger partial charge in [0, 0.05) is 22.8 Å². The molecule has 0 aliphatic rings. The fourth-order valence-corrected chi connectivity index (χ4v) is 2.96. The van der Waals surface area contributed by atoms with Crippen molar-refractivity contribution in [2.75, 3.05) is 7.11 Å². The van der Waals surface area contributed by atoms with Crippen molar-refractivity contribution in [3.05, 3.63) is 59.9 Å². The minimum Gasteiger partial charge on any atom is -0.496 e. The van der Waals surface area contributed by atoms with Crippen molar-refractivity contribution in [3.63, 3.8) is 0 Å². The van der Waals surface area contributed by atoms with E-state index in [-0.39, 0.29) is 0 Å². The number of rotatable bonds is 5. The van der Waals surface area contributed by atoms with E-state index in [1.54, 1.807) is 7.11 Å². The maximum absolute atomic E-state index is 11.7. The van der Waals surface area contributed by atoms with E-state index in [1.165, 1.54) is 5.56 Å². The van der Waals surface area contributed by atoms with Gasteiger partial charge in [-0.2, -0.15) is 0 Å². The molecule has 3 aromatic rings. The van der Waals surface area contributed by atoms with Gasteiger partial charge < -0.3 is 9.14 Å². The molecule has 2 heterocycles. The van der Waals surface area contributed by atoms with Gasteiger partial charge in [-0.3, -0.25) is 4.79 Å². The van der Waals surface area contributed by atoms with Crippen LogP contribution in [0.15, 0.2) is 48.7 Å². The lowest BCUT2D eigenvalue weighted by Gasteiger charge is -2.14. The van der Waals surface area contributed by atoms with Crippen molar-refractivity contribution in [3.8, 4) is 16.9 Å². The van der Waals surface area contributed by atoms with Gasteiger partial charge in [0.1, 0.15) is 5.75 Å². The molecule has 0 aliphatic carbocycles. The molecule has 0 spiro atoms. The average Bonchev–Trinajstić information content (AvgIpc) is 2.98. The van der Waals surface area contributed by atoms with Crippen LogP contribution in [0.3, 0.4) is 0 Å². The number of methoxy groups -OCH3 is 1. The molecule has 0 fully saturated rings. The first-order chi connectivity index (χ1) is 11.2. The van der Waals surface area contributed by atoms with Crippen LogP contribution >= 0.6 is 0 Å². The predicted molar refractivity (Wildman–Crippen MR) is 93.5 cm³/mol. The number of hydrogen-bond donors (Lipinski definition) is 0. The largest absolute Gasteiger partial charge is 0.496 e. The summed E-state index contributed by atoms with van der Waals surface area (Å²) in [6.07, 6.45) is 3.90. The topological polar surface area (TPSA) is 30.7 Å². The molecule has 0 saturated carbocycles. The molecule has 0 amide bonds. The van der Waals surface area contributed by atoms with E-state index in [0.717, 1.165) is 35.1 Å². The van der Waals surface area contributed by atoms with Gasteiger partial charge in [-0.15, -0.1) is 0 Å². The molecule has 23 heavy (non-hydrogen) atoms. The number of nitrogens with zero attached hydrogens (tertiary/aromatic N) is 1. The fraction of sp³-hybridized carbons (Fsp3) is 0.250. The Morgan fingerprint density at radius 1 is 1.17 bits per heavy atom. The number of fused-ring (bicyclic) bond motifs is 1. The predicted octanol–water partition coefficient (Wildman–Crippen LogP) is 4.94. The van der Waals surface area contributed by atoms with Crippen LogP contribution in [0.5, 0.6) is 5.75 Å². The average molecular weight is 307 g/mol. The number of pyridine rings is 1. The number of carbonyl (C=O) groups excluding carboxylic acids is 1. The highest BCUT2D eigenvalue weighted by molar-refractivity contribution is 5.91. The molecule has 0 radical (unpaired) electrons. The Hall–Kier alpha value is -2.55. The Balaban J connectivity index is 2.26. The second-order valence-corrected chi connectivity index (χ2v) is 5.83. The highest BCUT2D eigenvalue weighted by atomic mass is 16.5. The summed E-state index contributed by atoms with van der Waals surface area (Å²) in [6.45, 7) is 4.39. The number of aromatic nitrogens is 1. The second-order valence-electron chi connectivity index (χ2n) is 5.83. The van der Waals surface area contributed by atoms with Gasteiger partial charge in [0.05, 0.1) is 12.8 Å². The number of ether oxygens (including phenoxy) is 1. The van der Waals surface area contributed by atoms with Crippen molar-refractivity contribution < 1.29 is 9.53 Å². The summed E-state index contributed by atoms with van der Waals surface area (Å²) in [5.74, 6) is 1.26. The zero-order valence-corrected chi connectivity index (χ0v) is 13.7. The van der Waals surface area contributed by atoms with Crippen LogP contribution < -0.4 is 4.74 Å². The summed E-state index contributed by atoms with van der Waals surface area (Å²) >= 11 is 0. The summed E-state index contributed by atoms with van der Waals surface area (Å²) in [5, 5.41) is 0. The summed E-state index contributed by atoms with van der Waals surface area (Å²) in [4.78, 5) is 11.7. The van der Waals surface area contributed by atoms with Crippen LogP contribution in [0.25, 0.3) is 16.6 Å². The van der Waals surface area contributed by atoms with Gasteiger partial charge in [0.25, 0.3) is 0 Å². The molecule has 3 rings (SSSR count). The van der Waals surface area contributed by atoms with Crippen molar-refractivity contribution in [2.24, 2.45) is 0 Å². The molecule has 3 nitrogen and oxygen atoms in total. The molecule has 2 aromatic heterocycles. The number of benzene rings is 1. The van der Waals surface area contributed by atoms with Crippen LogP contribution in [0.2, 0.25) is 0 Å². The zero-order valence-electron chi connectivity index (χ0n) is 13.7. The molecule has 0 aliphatic heterocycles. The number of hydrogen-bond acceptors (Lipinski definition) is 2. The van der Waals surface area contributed by atoms with Crippen molar-refractivity contribution >= 4 is 11.8 Å². The lowest BCUT2D eigenvalue weighted by molar-refractivity contribution is 0.111. The molecule has 1 atom stereocenters. The van der Waals surface area contributed by atoms with E-state index in [9.17, 15) is 4.79 Å². The van der Waals surface area contributed by atoms with E-state index in [0.29, 0.717) is 11.6 Å². The van der Waals surface area contributed by atoms with E-state index >= 15 is 0 Å². The maximum atomic E-state index is 11.7. The molecule has 1 aromatic carbocycles. The van der Waals surface area contributed by atoms with Gasteiger partial charge in [0.2, 0.25) is 0 Å². The first-order valence-electron chi connectivity index (χ1n) is 7.93. The molecular formula is C20H21NO2. The van der Waals surface area contributed by atoms with E-state index < -0.39 is 0 Å². The van der Waals surface area contributed by atoms with E-state index in [1.807, 2.05) is 40.9 Å². The Labute approximate surface area is 136 Å². The standard InChI is InChI=1S/C20H21NO2/c1-4-14(2)15-8-9-20(23-3)18(11-15)17-12-16-7-5-6-10-21(16)19(17)13-22/h5-14H,4H2,1-3H3. The summed E-state index contributed by atoms with van der Waals surface area (Å²) in [6, 6.07) is 14.2. The minimum atomic E-state index is 0.469. The second kappa shape index (κ2) is 6.29. The van der Waals surface area contributed by atoms with Gasteiger partial charge in [0.15, 0.2) is 6.29 Å². The van der Waals surface area contributed by atoms with Gasteiger partial charge in [-0.25, -0.2) is 0 Å². The highest BCUT2D eigenvalue weighted by Crippen LogP contribution is 2.36. The third-order valence-corrected chi connectivity index (χ3v) is 4.53. The van der Waals surface area contributed by atoms with Gasteiger partial charge >= 0.3 is 0 Å². The van der Waals surface area contributed by atoms with Crippen LogP contribution in [0, 0.1) is 0 Å². The van der Waals surface area contributed by atoms with Crippen LogP contribution in [0.4, 0.5) is 0 Å².